The zero-order chi connectivity index (χ0) is 23.2. The minimum atomic E-state index is 0.368. The molecule has 0 radical (unpaired) electrons. The summed E-state index contributed by atoms with van der Waals surface area (Å²) in [6.07, 6.45) is 8.46. The van der Waals surface area contributed by atoms with Crippen molar-refractivity contribution in [2.24, 2.45) is 5.92 Å². The van der Waals surface area contributed by atoms with Gasteiger partial charge >= 0.3 is 6.01 Å². The molecule has 1 aromatic carbocycles. The van der Waals surface area contributed by atoms with Gasteiger partial charge in [-0.25, -0.2) is 0 Å². The van der Waals surface area contributed by atoms with Crippen LogP contribution in [0.4, 0.5) is 17.6 Å². The number of nitrogens with zero attached hydrogens (tertiary/aromatic N) is 5. The minimum absolute atomic E-state index is 0.368. The van der Waals surface area contributed by atoms with Gasteiger partial charge in [0, 0.05) is 18.8 Å². The molecule has 1 aromatic heterocycles. The van der Waals surface area contributed by atoms with E-state index in [1.807, 2.05) is 12.1 Å². The summed E-state index contributed by atoms with van der Waals surface area (Å²) in [4.78, 5) is 18.5. The maximum absolute atomic E-state index is 6.30. The van der Waals surface area contributed by atoms with Gasteiger partial charge in [-0.15, -0.1) is 0 Å². The summed E-state index contributed by atoms with van der Waals surface area (Å²) >= 11 is 6.30. The third kappa shape index (κ3) is 6.38. The molecule has 2 aliphatic rings. The van der Waals surface area contributed by atoms with Gasteiger partial charge in [-0.3, -0.25) is 0 Å². The number of hydrogen-bond donors (Lipinski definition) is 1. The minimum Gasteiger partial charge on any atom is -0.495 e. The van der Waals surface area contributed by atoms with E-state index in [0.717, 1.165) is 31.6 Å². The number of anilines is 3. The van der Waals surface area contributed by atoms with Gasteiger partial charge in [0.25, 0.3) is 0 Å². The quantitative estimate of drug-likeness (QED) is 0.586. The molecule has 0 amide bonds. The molecule has 180 valence electrons. The first kappa shape index (κ1) is 23.8. The molecule has 2 fully saturated rings. The van der Waals surface area contributed by atoms with Crippen molar-refractivity contribution in [3.63, 3.8) is 0 Å². The fourth-order valence-electron chi connectivity index (χ4n) is 4.59. The maximum Gasteiger partial charge on any atom is 0.323 e. The van der Waals surface area contributed by atoms with E-state index in [0.29, 0.717) is 47.2 Å². The van der Waals surface area contributed by atoms with Crippen LogP contribution in [0.15, 0.2) is 18.2 Å². The summed E-state index contributed by atoms with van der Waals surface area (Å²) in [5.41, 5.74) is 0.776. The van der Waals surface area contributed by atoms with Crippen molar-refractivity contribution < 1.29 is 9.47 Å². The molecule has 9 heteroatoms. The van der Waals surface area contributed by atoms with Gasteiger partial charge in [0.2, 0.25) is 11.9 Å². The third-order valence-corrected chi connectivity index (χ3v) is 7.03. The van der Waals surface area contributed by atoms with E-state index in [1.54, 1.807) is 13.2 Å². The topological polar surface area (TPSA) is 75.6 Å². The van der Waals surface area contributed by atoms with Crippen molar-refractivity contribution in [3.8, 4) is 11.8 Å². The Morgan fingerprint density at radius 2 is 1.85 bits per heavy atom. The smallest absolute Gasteiger partial charge is 0.323 e. The van der Waals surface area contributed by atoms with Gasteiger partial charge in [-0.2, -0.15) is 15.0 Å². The Kier molecular flexibility index (Phi) is 8.09. The molecule has 0 unspecified atom stereocenters. The SMILES string of the molecule is COc1ccc(Nc2nc(OCC3CCCCC3)nc(N(C)C3CCN(C)CC3)n2)cc1Cl. The molecular weight excluding hydrogens is 440 g/mol. The Morgan fingerprint density at radius 3 is 2.55 bits per heavy atom. The molecule has 1 aliphatic carbocycles. The van der Waals surface area contributed by atoms with E-state index in [-0.39, 0.29) is 0 Å². The van der Waals surface area contributed by atoms with Crippen molar-refractivity contribution in [1.82, 2.24) is 19.9 Å². The lowest BCUT2D eigenvalue weighted by molar-refractivity contribution is 0.196. The van der Waals surface area contributed by atoms with Crippen LogP contribution in [0, 0.1) is 5.92 Å². The Labute approximate surface area is 201 Å². The van der Waals surface area contributed by atoms with E-state index in [4.69, 9.17) is 26.1 Å². The molecule has 8 nitrogen and oxygen atoms in total. The second kappa shape index (κ2) is 11.2. The van der Waals surface area contributed by atoms with Crippen molar-refractivity contribution in [2.45, 2.75) is 51.0 Å². The van der Waals surface area contributed by atoms with Crippen molar-refractivity contribution in [1.29, 1.82) is 0 Å². The fourth-order valence-corrected chi connectivity index (χ4v) is 4.85. The van der Waals surface area contributed by atoms with Crippen molar-refractivity contribution >= 4 is 29.2 Å². The summed E-state index contributed by atoms with van der Waals surface area (Å²) in [6, 6.07) is 6.26. The highest BCUT2D eigenvalue weighted by Gasteiger charge is 2.24. The third-order valence-electron chi connectivity index (χ3n) is 6.74. The highest BCUT2D eigenvalue weighted by atomic mass is 35.5. The predicted octanol–water partition coefficient (Wildman–Crippen LogP) is 4.77. The number of rotatable bonds is 8. The second-order valence-corrected chi connectivity index (χ2v) is 9.58. The molecule has 0 atom stereocenters. The Balaban J connectivity index is 1.54. The zero-order valence-corrected chi connectivity index (χ0v) is 20.6. The summed E-state index contributed by atoms with van der Waals surface area (Å²) in [5, 5.41) is 3.78. The lowest BCUT2D eigenvalue weighted by Crippen LogP contribution is -2.42. The Morgan fingerprint density at radius 1 is 1.09 bits per heavy atom. The second-order valence-electron chi connectivity index (χ2n) is 9.18. The van der Waals surface area contributed by atoms with Crippen molar-refractivity contribution in [3.05, 3.63) is 23.2 Å². The fraction of sp³-hybridized carbons (Fsp3) is 0.625. The van der Waals surface area contributed by atoms with Crippen LogP contribution in [0.25, 0.3) is 0 Å². The van der Waals surface area contributed by atoms with Gasteiger partial charge < -0.3 is 24.6 Å². The molecule has 1 saturated carbocycles. The van der Waals surface area contributed by atoms with Crippen LogP contribution >= 0.6 is 11.6 Å². The summed E-state index contributed by atoms with van der Waals surface area (Å²) < 4.78 is 11.3. The number of halogens is 1. The highest BCUT2D eigenvalue weighted by molar-refractivity contribution is 6.32. The number of nitrogens with one attached hydrogen (secondary N) is 1. The summed E-state index contributed by atoms with van der Waals surface area (Å²) in [6.45, 7) is 2.79. The first-order valence-electron chi connectivity index (χ1n) is 11.9. The number of methoxy groups -OCH3 is 1. The number of piperidine rings is 1. The largest absolute Gasteiger partial charge is 0.495 e. The van der Waals surface area contributed by atoms with Crippen LogP contribution in [-0.4, -0.2) is 66.8 Å². The average molecular weight is 475 g/mol. The van der Waals surface area contributed by atoms with Crippen LogP contribution in [0.1, 0.15) is 44.9 Å². The van der Waals surface area contributed by atoms with Gasteiger partial charge in [-0.1, -0.05) is 30.9 Å². The number of ether oxygens (including phenoxy) is 2. The van der Waals surface area contributed by atoms with Crippen LogP contribution in [-0.2, 0) is 0 Å². The van der Waals surface area contributed by atoms with Gasteiger partial charge in [-0.05, 0) is 69.9 Å². The normalized spacial score (nSPS) is 18.2. The standard InChI is InChI=1S/C24H35ClN6O2/c1-30-13-11-19(12-14-30)31(2)23-27-22(26-18-9-10-21(32-3)20(25)15-18)28-24(29-23)33-16-17-7-5-4-6-8-17/h9-10,15,17,19H,4-8,11-14,16H2,1-3H3,(H,26,27,28,29). The average Bonchev–Trinajstić information content (AvgIpc) is 2.83. The first-order chi connectivity index (χ1) is 16.0. The van der Waals surface area contributed by atoms with E-state index >= 15 is 0 Å². The summed E-state index contributed by atoms with van der Waals surface area (Å²) in [7, 11) is 5.82. The Hall–Kier alpha value is -2.32. The molecule has 2 aromatic rings. The van der Waals surface area contributed by atoms with Crippen LogP contribution in [0.2, 0.25) is 5.02 Å². The zero-order valence-electron chi connectivity index (χ0n) is 19.9. The maximum atomic E-state index is 6.30. The molecule has 1 saturated heterocycles. The molecule has 33 heavy (non-hydrogen) atoms. The van der Waals surface area contributed by atoms with Gasteiger partial charge in [0.1, 0.15) is 5.75 Å². The van der Waals surface area contributed by atoms with E-state index < -0.39 is 0 Å². The van der Waals surface area contributed by atoms with Crippen molar-refractivity contribution in [2.75, 3.05) is 51.1 Å². The van der Waals surface area contributed by atoms with Crippen LogP contribution < -0.4 is 19.7 Å². The molecule has 0 spiro atoms. The van der Waals surface area contributed by atoms with Gasteiger partial charge in [0.05, 0.1) is 18.7 Å². The number of aromatic nitrogens is 3. The monoisotopic (exact) mass is 474 g/mol. The van der Waals surface area contributed by atoms with Gasteiger partial charge in [0.15, 0.2) is 0 Å². The number of likely N-dealkylation sites (tertiary alicyclic amines) is 1. The highest BCUT2D eigenvalue weighted by Crippen LogP contribution is 2.30. The van der Waals surface area contributed by atoms with Crippen LogP contribution in [0.5, 0.6) is 11.8 Å². The number of hydrogen-bond acceptors (Lipinski definition) is 8. The molecule has 0 bridgehead atoms. The predicted molar refractivity (Wildman–Crippen MR) is 132 cm³/mol. The molecule has 1 aliphatic heterocycles. The van der Waals surface area contributed by atoms with Crippen LogP contribution in [0.3, 0.4) is 0 Å². The molecule has 4 rings (SSSR count). The van der Waals surface area contributed by atoms with E-state index in [2.05, 4.69) is 39.2 Å². The van der Waals surface area contributed by atoms with E-state index in [1.165, 1.54) is 32.1 Å². The molecule has 1 N–H and O–H groups in total. The molecular formula is C24H35ClN6O2. The number of benzene rings is 1. The first-order valence-corrected chi connectivity index (χ1v) is 12.3. The summed E-state index contributed by atoms with van der Waals surface area (Å²) in [5.74, 6) is 2.26. The Bertz CT molecular complexity index is 916. The lowest BCUT2D eigenvalue weighted by atomic mass is 9.90. The van der Waals surface area contributed by atoms with E-state index in [9.17, 15) is 0 Å². The lowest BCUT2D eigenvalue weighted by Gasteiger charge is -2.35. The molecule has 2 heterocycles.